The Labute approximate surface area is 124 Å². The summed E-state index contributed by atoms with van der Waals surface area (Å²) in [6, 6.07) is 3.40. The summed E-state index contributed by atoms with van der Waals surface area (Å²) in [4.78, 5) is 25.1. The van der Waals surface area contributed by atoms with Crippen LogP contribution < -0.4 is 0 Å². The maximum absolute atomic E-state index is 12.1. The highest BCUT2D eigenvalue weighted by molar-refractivity contribution is 5.97. The third-order valence-electron chi connectivity index (χ3n) is 3.40. The Bertz CT molecular complexity index is 587. The van der Waals surface area contributed by atoms with Gasteiger partial charge in [0.05, 0.1) is 5.56 Å². The van der Waals surface area contributed by atoms with E-state index < -0.39 is 5.60 Å². The van der Waals surface area contributed by atoms with Crippen LogP contribution in [0, 0.1) is 0 Å². The van der Waals surface area contributed by atoms with Gasteiger partial charge in [-0.2, -0.15) is 0 Å². The minimum absolute atomic E-state index is 0.0452. The molecular weight excluding hydrogens is 270 g/mol. The number of phenolic OH excluding ortho intramolecular Hbond substituents is 1. The summed E-state index contributed by atoms with van der Waals surface area (Å²) in [5, 5.41) is 10.2. The van der Waals surface area contributed by atoms with Gasteiger partial charge < -0.3 is 14.7 Å². The number of phenols is 1. The highest BCUT2D eigenvalue weighted by Gasteiger charge is 2.27. The molecular formula is C16H21NO4. The number of carbonyl (C=O) groups is 2. The van der Waals surface area contributed by atoms with E-state index in [1.165, 1.54) is 6.92 Å². The molecule has 0 aromatic heterocycles. The van der Waals surface area contributed by atoms with E-state index >= 15 is 0 Å². The molecule has 0 spiro atoms. The van der Waals surface area contributed by atoms with Crippen LogP contribution in [0.4, 0.5) is 4.79 Å². The number of aromatic hydroxyl groups is 1. The Balaban J connectivity index is 2.20. The fraction of sp³-hybridized carbons (Fsp3) is 0.500. The Morgan fingerprint density at radius 1 is 1.29 bits per heavy atom. The van der Waals surface area contributed by atoms with E-state index in [-0.39, 0.29) is 17.6 Å². The fourth-order valence-corrected chi connectivity index (χ4v) is 2.40. The van der Waals surface area contributed by atoms with Gasteiger partial charge in [0.1, 0.15) is 11.4 Å². The Hall–Kier alpha value is -2.04. The summed E-state index contributed by atoms with van der Waals surface area (Å²) in [7, 11) is 0. The van der Waals surface area contributed by atoms with Crippen molar-refractivity contribution in [1.29, 1.82) is 0 Å². The molecule has 2 rings (SSSR count). The number of hydrogen-bond acceptors (Lipinski definition) is 4. The van der Waals surface area contributed by atoms with Crippen LogP contribution in [0.15, 0.2) is 12.1 Å². The Morgan fingerprint density at radius 2 is 1.95 bits per heavy atom. The molecule has 0 saturated carbocycles. The highest BCUT2D eigenvalue weighted by Crippen LogP contribution is 2.31. The number of amides is 1. The van der Waals surface area contributed by atoms with Crippen LogP contribution in [-0.4, -0.2) is 34.0 Å². The van der Waals surface area contributed by atoms with E-state index in [1.807, 2.05) is 20.8 Å². The van der Waals surface area contributed by atoms with E-state index in [2.05, 4.69) is 0 Å². The highest BCUT2D eigenvalue weighted by atomic mass is 16.6. The zero-order chi connectivity index (χ0) is 15.8. The maximum atomic E-state index is 12.1. The average molecular weight is 291 g/mol. The summed E-state index contributed by atoms with van der Waals surface area (Å²) in [5.74, 6) is -0.117. The van der Waals surface area contributed by atoms with Crippen molar-refractivity contribution in [3.63, 3.8) is 0 Å². The van der Waals surface area contributed by atoms with Gasteiger partial charge in [-0.05, 0) is 45.7 Å². The molecule has 5 heteroatoms. The monoisotopic (exact) mass is 291 g/mol. The van der Waals surface area contributed by atoms with E-state index in [9.17, 15) is 14.7 Å². The first-order chi connectivity index (χ1) is 9.69. The molecule has 0 bridgehead atoms. The summed E-state index contributed by atoms with van der Waals surface area (Å²) in [6.07, 6.45) is 0.157. The molecule has 1 aliphatic heterocycles. The molecule has 1 heterocycles. The molecule has 1 aromatic rings. The minimum atomic E-state index is -0.530. The van der Waals surface area contributed by atoms with Crippen LogP contribution in [-0.2, 0) is 17.7 Å². The van der Waals surface area contributed by atoms with Gasteiger partial charge in [0.15, 0.2) is 5.78 Å². The standard InChI is InChI=1S/C16H21NO4/c1-10(18)12-6-5-11-9-17(8-7-13(11)14(12)19)15(20)21-16(2,3)4/h5-6,19H,7-9H2,1-4H3. The Kier molecular flexibility index (Phi) is 3.94. The van der Waals surface area contributed by atoms with E-state index in [0.29, 0.717) is 25.1 Å². The van der Waals surface area contributed by atoms with Gasteiger partial charge in [0.25, 0.3) is 0 Å². The molecule has 1 aliphatic rings. The zero-order valence-corrected chi connectivity index (χ0v) is 12.9. The van der Waals surface area contributed by atoms with Crippen molar-refractivity contribution in [2.45, 2.75) is 46.3 Å². The first-order valence-electron chi connectivity index (χ1n) is 7.01. The second kappa shape index (κ2) is 5.39. The van der Waals surface area contributed by atoms with Gasteiger partial charge in [-0.3, -0.25) is 4.79 Å². The number of carbonyl (C=O) groups excluding carboxylic acids is 2. The van der Waals surface area contributed by atoms with Crippen molar-refractivity contribution in [2.75, 3.05) is 6.54 Å². The zero-order valence-electron chi connectivity index (χ0n) is 12.9. The van der Waals surface area contributed by atoms with Gasteiger partial charge in [-0.25, -0.2) is 4.79 Å². The number of ketones is 1. The third-order valence-corrected chi connectivity index (χ3v) is 3.40. The van der Waals surface area contributed by atoms with E-state index in [0.717, 1.165) is 11.1 Å². The lowest BCUT2D eigenvalue weighted by Crippen LogP contribution is -2.39. The van der Waals surface area contributed by atoms with Gasteiger partial charge in [0, 0.05) is 18.7 Å². The minimum Gasteiger partial charge on any atom is -0.507 e. The smallest absolute Gasteiger partial charge is 0.410 e. The number of ether oxygens (including phenoxy) is 1. The van der Waals surface area contributed by atoms with Crippen LogP contribution in [0.1, 0.15) is 49.2 Å². The summed E-state index contributed by atoms with van der Waals surface area (Å²) < 4.78 is 5.35. The van der Waals surface area contributed by atoms with Crippen LogP contribution in [0.2, 0.25) is 0 Å². The summed E-state index contributed by atoms with van der Waals surface area (Å²) >= 11 is 0. The molecule has 0 radical (unpaired) electrons. The largest absolute Gasteiger partial charge is 0.507 e. The van der Waals surface area contributed by atoms with Gasteiger partial charge in [0.2, 0.25) is 0 Å². The van der Waals surface area contributed by atoms with Crippen molar-refractivity contribution in [2.24, 2.45) is 0 Å². The van der Waals surface area contributed by atoms with Crippen LogP contribution in [0.25, 0.3) is 0 Å². The van der Waals surface area contributed by atoms with Gasteiger partial charge in [-0.15, -0.1) is 0 Å². The number of rotatable bonds is 1. The summed E-state index contributed by atoms with van der Waals surface area (Å²) in [6.45, 7) is 7.76. The maximum Gasteiger partial charge on any atom is 0.410 e. The third kappa shape index (κ3) is 3.35. The lowest BCUT2D eigenvalue weighted by molar-refractivity contribution is 0.0223. The first kappa shape index (κ1) is 15.4. The molecule has 0 aliphatic carbocycles. The number of nitrogens with zero attached hydrogens (tertiary/aromatic N) is 1. The van der Waals surface area contributed by atoms with Crippen LogP contribution >= 0.6 is 0 Å². The molecule has 1 N–H and O–H groups in total. The second-order valence-corrected chi connectivity index (χ2v) is 6.31. The number of benzene rings is 1. The second-order valence-electron chi connectivity index (χ2n) is 6.31. The molecule has 1 aromatic carbocycles. The van der Waals surface area contributed by atoms with Crippen molar-refractivity contribution in [3.8, 4) is 5.75 Å². The Morgan fingerprint density at radius 3 is 2.52 bits per heavy atom. The SMILES string of the molecule is CC(=O)c1ccc2c(c1O)CCN(C(=O)OC(C)(C)C)C2. The normalized spacial score (nSPS) is 14.6. The van der Waals surface area contributed by atoms with Crippen molar-refractivity contribution in [3.05, 3.63) is 28.8 Å². The number of Topliss-reactive ketones (excluding diaryl/α,β-unsaturated/α-hetero) is 1. The predicted octanol–water partition coefficient (Wildman–Crippen LogP) is 2.89. The number of hydrogen-bond donors (Lipinski definition) is 1. The van der Waals surface area contributed by atoms with E-state index in [1.54, 1.807) is 17.0 Å². The van der Waals surface area contributed by atoms with Crippen LogP contribution in [0.3, 0.4) is 0 Å². The molecule has 0 fully saturated rings. The first-order valence-corrected chi connectivity index (χ1v) is 7.01. The topological polar surface area (TPSA) is 66.8 Å². The predicted molar refractivity (Wildman–Crippen MR) is 78.5 cm³/mol. The summed E-state index contributed by atoms with van der Waals surface area (Å²) in [5.41, 5.74) is 1.41. The van der Waals surface area contributed by atoms with E-state index in [4.69, 9.17) is 4.74 Å². The number of fused-ring (bicyclic) bond motifs is 1. The average Bonchev–Trinajstić information content (AvgIpc) is 2.36. The molecule has 0 atom stereocenters. The molecule has 1 amide bonds. The molecule has 21 heavy (non-hydrogen) atoms. The van der Waals surface area contributed by atoms with Crippen molar-refractivity contribution in [1.82, 2.24) is 4.90 Å². The van der Waals surface area contributed by atoms with Gasteiger partial charge in [-0.1, -0.05) is 6.07 Å². The van der Waals surface area contributed by atoms with Crippen molar-refractivity contribution < 1.29 is 19.4 Å². The molecule has 5 nitrogen and oxygen atoms in total. The molecule has 0 saturated heterocycles. The quantitative estimate of drug-likeness (QED) is 0.808. The molecule has 0 unspecified atom stereocenters. The fourth-order valence-electron chi connectivity index (χ4n) is 2.40. The van der Waals surface area contributed by atoms with Crippen molar-refractivity contribution >= 4 is 11.9 Å². The lowest BCUT2D eigenvalue weighted by Gasteiger charge is -2.31. The molecule has 114 valence electrons. The van der Waals surface area contributed by atoms with Gasteiger partial charge >= 0.3 is 6.09 Å². The van der Waals surface area contributed by atoms with Crippen LogP contribution in [0.5, 0.6) is 5.75 Å². The lowest BCUT2D eigenvalue weighted by atomic mass is 9.95.